The fourth-order valence-corrected chi connectivity index (χ4v) is 10.1. The van der Waals surface area contributed by atoms with Gasteiger partial charge in [0.15, 0.2) is 0 Å². The fraction of sp³-hybridized carbons (Fsp3) is 0.562. The third kappa shape index (κ3) is 5.82. The molecular formula is C16H26BrGeN. The van der Waals surface area contributed by atoms with Crippen LogP contribution in [0.25, 0.3) is 0 Å². The van der Waals surface area contributed by atoms with Crippen LogP contribution in [0.3, 0.4) is 0 Å². The molecule has 0 aromatic heterocycles. The molecule has 1 rings (SSSR count). The zero-order chi connectivity index (χ0) is 14.1. The molecule has 1 aromatic carbocycles. The van der Waals surface area contributed by atoms with Crippen LogP contribution in [-0.2, 0) is 0 Å². The predicted octanol–water partition coefficient (Wildman–Crippen LogP) is 5.77. The Hall–Kier alpha value is -0.0871. The molecule has 0 fully saturated rings. The minimum absolute atomic E-state index is 0.989. The summed E-state index contributed by atoms with van der Waals surface area (Å²) in [6.07, 6.45) is 3.29. The number of hydrogen-bond acceptors (Lipinski definition) is 1. The Morgan fingerprint density at radius 3 is 2.16 bits per heavy atom. The number of hydrogen-bond donors (Lipinski definition) is 0. The SMILES string of the molecule is C[CH2][Ge]([CH2]C)([CH2]C)[CH2]CCN=Cc1ccc(Br)cc1. The first-order valence-electron chi connectivity index (χ1n) is 7.41. The number of halogens is 1. The van der Waals surface area contributed by atoms with Crippen molar-refractivity contribution in [2.45, 2.75) is 48.2 Å². The summed E-state index contributed by atoms with van der Waals surface area (Å²) in [6.45, 7) is 8.19. The monoisotopic (exact) mass is 385 g/mol. The van der Waals surface area contributed by atoms with Crippen LogP contribution in [0, 0.1) is 0 Å². The Balaban J connectivity index is 2.36. The van der Waals surface area contributed by atoms with Crippen molar-refractivity contribution >= 4 is 35.4 Å². The molecule has 0 aliphatic rings. The molecule has 0 radical (unpaired) electrons. The van der Waals surface area contributed by atoms with Crippen molar-refractivity contribution in [2.75, 3.05) is 6.54 Å². The molecule has 1 nitrogen and oxygen atoms in total. The molecule has 0 amide bonds. The van der Waals surface area contributed by atoms with Gasteiger partial charge in [0.1, 0.15) is 0 Å². The predicted molar refractivity (Wildman–Crippen MR) is 93.2 cm³/mol. The van der Waals surface area contributed by atoms with Crippen LogP contribution >= 0.6 is 15.9 Å². The third-order valence-corrected chi connectivity index (χ3v) is 17.3. The van der Waals surface area contributed by atoms with E-state index in [4.69, 9.17) is 0 Å². The van der Waals surface area contributed by atoms with E-state index < -0.39 is 13.3 Å². The van der Waals surface area contributed by atoms with Crippen molar-refractivity contribution in [2.24, 2.45) is 4.99 Å². The van der Waals surface area contributed by atoms with Crippen LogP contribution in [-0.4, -0.2) is 26.0 Å². The molecule has 0 spiro atoms. The Bertz CT molecular complexity index is 374. The molecule has 0 unspecified atom stereocenters. The van der Waals surface area contributed by atoms with Crippen molar-refractivity contribution in [3.8, 4) is 0 Å². The quantitative estimate of drug-likeness (QED) is 0.306. The summed E-state index contributed by atoms with van der Waals surface area (Å²) in [5.74, 6) is 0. The van der Waals surface area contributed by atoms with E-state index in [-0.39, 0.29) is 0 Å². The summed E-state index contributed by atoms with van der Waals surface area (Å²) >= 11 is 1.99. The molecule has 0 N–H and O–H groups in total. The van der Waals surface area contributed by atoms with Gasteiger partial charge in [-0.3, -0.25) is 0 Å². The van der Waals surface area contributed by atoms with Gasteiger partial charge in [-0.25, -0.2) is 0 Å². The van der Waals surface area contributed by atoms with Crippen molar-refractivity contribution in [3.63, 3.8) is 0 Å². The average Bonchev–Trinajstić information content (AvgIpc) is 2.45. The van der Waals surface area contributed by atoms with Crippen LogP contribution in [0.1, 0.15) is 32.8 Å². The molecule has 1 aromatic rings. The first kappa shape index (κ1) is 17.0. The van der Waals surface area contributed by atoms with Crippen LogP contribution < -0.4 is 0 Å². The molecule has 106 valence electrons. The fourth-order valence-electron chi connectivity index (χ4n) is 2.54. The molecule has 0 saturated heterocycles. The Labute approximate surface area is 129 Å². The van der Waals surface area contributed by atoms with Gasteiger partial charge in [-0.1, -0.05) is 0 Å². The van der Waals surface area contributed by atoms with Gasteiger partial charge in [-0.05, 0) is 0 Å². The number of benzene rings is 1. The number of aliphatic imine (C=N–C) groups is 1. The standard InChI is InChI=1S/C16H26BrGeN/c1-4-18(5-2,6-3)12-7-13-19-14-15-8-10-16(17)11-9-15/h8-11,14H,4-7,12-13H2,1-3H3. The molecule has 0 aliphatic heterocycles. The average molecular weight is 385 g/mol. The summed E-state index contributed by atoms with van der Waals surface area (Å²) in [6, 6.07) is 8.32. The van der Waals surface area contributed by atoms with Crippen molar-refractivity contribution in [1.82, 2.24) is 0 Å². The first-order valence-corrected chi connectivity index (χ1v) is 14.1. The van der Waals surface area contributed by atoms with E-state index in [1.165, 1.54) is 33.0 Å². The molecule has 0 heterocycles. The van der Waals surface area contributed by atoms with E-state index in [2.05, 4.69) is 66.0 Å². The van der Waals surface area contributed by atoms with E-state index in [1.807, 2.05) is 6.21 Å². The topological polar surface area (TPSA) is 12.4 Å². The Morgan fingerprint density at radius 2 is 1.63 bits per heavy atom. The zero-order valence-corrected chi connectivity index (χ0v) is 16.1. The summed E-state index contributed by atoms with van der Waals surface area (Å²) in [5.41, 5.74) is 1.19. The summed E-state index contributed by atoms with van der Waals surface area (Å²) in [7, 11) is 0. The normalized spacial score (nSPS) is 12.2. The molecule has 0 aliphatic carbocycles. The summed E-state index contributed by atoms with van der Waals surface area (Å²) in [4.78, 5) is 4.57. The molecular weight excluding hydrogens is 359 g/mol. The maximum atomic E-state index is 4.57. The Morgan fingerprint density at radius 1 is 1.05 bits per heavy atom. The zero-order valence-electron chi connectivity index (χ0n) is 12.5. The van der Waals surface area contributed by atoms with E-state index in [0.717, 1.165) is 11.0 Å². The van der Waals surface area contributed by atoms with Gasteiger partial charge in [0.25, 0.3) is 0 Å². The Kier molecular flexibility index (Phi) is 8.00. The summed E-state index contributed by atoms with van der Waals surface area (Å²) < 4.78 is 1.12. The third-order valence-electron chi connectivity index (χ3n) is 4.35. The van der Waals surface area contributed by atoms with E-state index in [0.29, 0.717) is 0 Å². The maximum absolute atomic E-state index is 4.57. The number of nitrogens with zero attached hydrogens (tertiary/aromatic N) is 1. The molecule has 19 heavy (non-hydrogen) atoms. The van der Waals surface area contributed by atoms with Gasteiger partial charge >= 0.3 is 129 Å². The second-order valence-corrected chi connectivity index (χ2v) is 18.0. The van der Waals surface area contributed by atoms with Gasteiger partial charge in [-0.15, -0.1) is 0 Å². The van der Waals surface area contributed by atoms with E-state index in [9.17, 15) is 0 Å². The van der Waals surface area contributed by atoms with Crippen LogP contribution in [0.5, 0.6) is 0 Å². The minimum atomic E-state index is -1.45. The second kappa shape index (κ2) is 8.96. The molecule has 0 bridgehead atoms. The van der Waals surface area contributed by atoms with Crippen molar-refractivity contribution < 1.29 is 0 Å². The van der Waals surface area contributed by atoms with E-state index >= 15 is 0 Å². The summed E-state index contributed by atoms with van der Waals surface area (Å²) in [5, 5.41) is 5.91. The second-order valence-electron chi connectivity index (χ2n) is 5.25. The van der Waals surface area contributed by atoms with Crippen LogP contribution in [0.4, 0.5) is 0 Å². The van der Waals surface area contributed by atoms with Crippen molar-refractivity contribution in [1.29, 1.82) is 0 Å². The van der Waals surface area contributed by atoms with Gasteiger partial charge in [0.05, 0.1) is 0 Å². The van der Waals surface area contributed by atoms with Gasteiger partial charge in [0, 0.05) is 0 Å². The molecule has 0 saturated carbocycles. The van der Waals surface area contributed by atoms with Crippen molar-refractivity contribution in [3.05, 3.63) is 34.3 Å². The van der Waals surface area contributed by atoms with Gasteiger partial charge < -0.3 is 0 Å². The van der Waals surface area contributed by atoms with Gasteiger partial charge in [0.2, 0.25) is 0 Å². The van der Waals surface area contributed by atoms with Gasteiger partial charge in [-0.2, -0.15) is 0 Å². The van der Waals surface area contributed by atoms with Crippen LogP contribution in [0.15, 0.2) is 33.7 Å². The van der Waals surface area contributed by atoms with Crippen LogP contribution in [0.2, 0.25) is 21.0 Å². The molecule has 3 heteroatoms. The van der Waals surface area contributed by atoms with E-state index in [1.54, 1.807) is 0 Å². The first-order chi connectivity index (χ1) is 9.15. The number of rotatable bonds is 8. The molecule has 0 atom stereocenters.